The molecule has 1 aliphatic heterocycles. The highest BCUT2D eigenvalue weighted by Crippen LogP contribution is 2.37. The van der Waals surface area contributed by atoms with E-state index in [9.17, 15) is 9.59 Å². The Hall–Kier alpha value is -2.64. The lowest BCUT2D eigenvalue weighted by Gasteiger charge is -2.47. The maximum atomic E-state index is 13.6. The minimum absolute atomic E-state index is 0.00707. The number of nitrogens with one attached hydrogen (secondary N) is 2. The molecule has 1 aromatic heterocycles. The molecule has 4 rings (SSSR count). The van der Waals surface area contributed by atoms with Crippen LogP contribution >= 0.6 is 15.9 Å². The summed E-state index contributed by atoms with van der Waals surface area (Å²) in [5.41, 5.74) is 3.11. The fourth-order valence-corrected chi connectivity index (χ4v) is 5.80. The van der Waals surface area contributed by atoms with Gasteiger partial charge in [0.05, 0.1) is 5.92 Å². The minimum Gasteiger partial charge on any atom is -0.361 e. The Balaban J connectivity index is 1.47. The highest BCUT2D eigenvalue weighted by Gasteiger charge is 2.41. The van der Waals surface area contributed by atoms with Crippen molar-refractivity contribution in [3.05, 3.63) is 70.3 Å². The normalized spacial score (nSPS) is 17.4. The molecule has 7 heteroatoms. The molecule has 2 N–H and O–H groups in total. The first kappa shape index (κ1) is 26.4. The highest BCUT2D eigenvalue weighted by atomic mass is 79.9. The molecule has 2 atom stereocenters. The zero-order valence-corrected chi connectivity index (χ0v) is 23.4. The van der Waals surface area contributed by atoms with E-state index in [2.05, 4.69) is 69.5 Å². The van der Waals surface area contributed by atoms with Crippen molar-refractivity contribution in [2.45, 2.75) is 51.1 Å². The van der Waals surface area contributed by atoms with Crippen LogP contribution in [0.5, 0.6) is 0 Å². The van der Waals surface area contributed by atoms with Gasteiger partial charge in [-0.15, -0.1) is 0 Å². The van der Waals surface area contributed by atoms with Crippen molar-refractivity contribution < 1.29 is 9.59 Å². The summed E-state index contributed by atoms with van der Waals surface area (Å²) >= 11 is 3.52. The molecule has 2 amide bonds. The third-order valence-electron chi connectivity index (χ3n) is 7.84. The largest absolute Gasteiger partial charge is 0.361 e. The van der Waals surface area contributed by atoms with Crippen LogP contribution in [0.4, 0.5) is 0 Å². The molecule has 2 heterocycles. The van der Waals surface area contributed by atoms with Gasteiger partial charge >= 0.3 is 0 Å². The number of hydrogen-bond donors (Lipinski definition) is 2. The molecule has 0 spiro atoms. The maximum absolute atomic E-state index is 13.6. The Morgan fingerprint density at radius 2 is 1.72 bits per heavy atom. The van der Waals surface area contributed by atoms with Crippen molar-refractivity contribution in [1.29, 1.82) is 0 Å². The zero-order valence-electron chi connectivity index (χ0n) is 21.8. The summed E-state index contributed by atoms with van der Waals surface area (Å²) in [5, 5.41) is 4.10. The number of rotatable bonds is 7. The van der Waals surface area contributed by atoms with Gasteiger partial charge in [0.25, 0.3) is 0 Å². The highest BCUT2D eigenvalue weighted by molar-refractivity contribution is 9.10. The monoisotopic (exact) mass is 552 g/mol. The van der Waals surface area contributed by atoms with E-state index in [1.807, 2.05) is 56.1 Å². The molecule has 0 radical (unpaired) electrons. The number of piperidine rings is 1. The Morgan fingerprint density at radius 1 is 1.06 bits per heavy atom. The van der Waals surface area contributed by atoms with Crippen molar-refractivity contribution in [3.63, 3.8) is 0 Å². The molecule has 3 aromatic rings. The third-order valence-corrected chi connectivity index (χ3v) is 8.33. The molecule has 1 saturated heterocycles. The average Bonchev–Trinajstić information content (AvgIpc) is 3.29. The Labute approximate surface area is 222 Å². The predicted molar refractivity (Wildman–Crippen MR) is 149 cm³/mol. The molecule has 2 unspecified atom stereocenters. The van der Waals surface area contributed by atoms with Gasteiger partial charge in [-0.25, -0.2) is 0 Å². The predicted octanol–water partition coefficient (Wildman–Crippen LogP) is 5.25. The van der Waals surface area contributed by atoms with Crippen LogP contribution in [0.3, 0.4) is 0 Å². The summed E-state index contributed by atoms with van der Waals surface area (Å²) in [7, 11) is 4.23. The van der Waals surface area contributed by atoms with Gasteiger partial charge in [0, 0.05) is 40.2 Å². The fourth-order valence-electron chi connectivity index (χ4n) is 5.44. The lowest BCUT2D eigenvalue weighted by Crippen LogP contribution is -2.57. The third kappa shape index (κ3) is 5.09. The molecule has 192 valence electrons. The van der Waals surface area contributed by atoms with E-state index < -0.39 is 6.04 Å². The van der Waals surface area contributed by atoms with E-state index in [0.717, 1.165) is 33.8 Å². The van der Waals surface area contributed by atoms with Gasteiger partial charge < -0.3 is 15.2 Å². The van der Waals surface area contributed by atoms with Gasteiger partial charge in [-0.05, 0) is 69.1 Å². The number of fused-ring (bicyclic) bond motifs is 1. The van der Waals surface area contributed by atoms with Gasteiger partial charge in [0.2, 0.25) is 11.8 Å². The number of carbonyl (C=O) groups is 2. The van der Waals surface area contributed by atoms with Gasteiger partial charge in [0.1, 0.15) is 6.04 Å². The molecular formula is C29H37BrN4O2. The number of H-pyrrole nitrogens is 1. The van der Waals surface area contributed by atoms with Gasteiger partial charge in [-0.2, -0.15) is 0 Å². The average molecular weight is 554 g/mol. The van der Waals surface area contributed by atoms with Crippen molar-refractivity contribution in [2.24, 2.45) is 5.92 Å². The lowest BCUT2D eigenvalue weighted by atomic mass is 9.79. The van der Waals surface area contributed by atoms with Crippen LogP contribution in [0.15, 0.2) is 59.2 Å². The summed E-state index contributed by atoms with van der Waals surface area (Å²) in [5.74, 6) is -0.525. The standard InChI is InChI=1S/C29H37BrN4O2/c1-19(2)26(32-27(35)20(3)24-18-31-25-12-11-22(30)17-23(24)25)28(36)34-15-13-29(14-16-34,33(4)5)21-9-7-6-8-10-21/h6-12,17-20,26,31H,13-16H2,1-5H3,(H,32,35). The van der Waals surface area contributed by atoms with E-state index in [-0.39, 0.29) is 29.2 Å². The van der Waals surface area contributed by atoms with Crippen LogP contribution in [0.1, 0.15) is 50.7 Å². The lowest BCUT2D eigenvalue weighted by molar-refractivity contribution is -0.140. The summed E-state index contributed by atoms with van der Waals surface area (Å²) in [4.78, 5) is 34.4. The number of aromatic nitrogens is 1. The van der Waals surface area contributed by atoms with Crippen LogP contribution in [0.2, 0.25) is 0 Å². The molecule has 1 aliphatic rings. The number of carbonyl (C=O) groups excluding carboxylic acids is 2. The van der Waals surface area contributed by atoms with Crippen LogP contribution in [0.25, 0.3) is 10.9 Å². The zero-order chi connectivity index (χ0) is 26.0. The number of nitrogens with zero attached hydrogens (tertiary/aromatic N) is 2. The Bertz CT molecular complexity index is 1210. The molecule has 1 fully saturated rings. The second-order valence-electron chi connectivity index (χ2n) is 10.5. The number of hydrogen-bond acceptors (Lipinski definition) is 3. The summed E-state index contributed by atoms with van der Waals surface area (Å²) in [6.45, 7) is 7.21. The second-order valence-corrected chi connectivity index (χ2v) is 11.4. The second kappa shape index (κ2) is 10.8. The fraction of sp³-hybridized carbons (Fsp3) is 0.448. The first-order chi connectivity index (χ1) is 17.1. The van der Waals surface area contributed by atoms with Crippen molar-refractivity contribution >= 4 is 38.6 Å². The Kier molecular flexibility index (Phi) is 7.90. The maximum Gasteiger partial charge on any atom is 0.245 e. The summed E-state index contributed by atoms with van der Waals surface area (Å²) in [6.07, 6.45) is 3.60. The van der Waals surface area contributed by atoms with E-state index in [4.69, 9.17) is 0 Å². The first-order valence-corrected chi connectivity index (χ1v) is 13.5. The van der Waals surface area contributed by atoms with E-state index >= 15 is 0 Å². The van der Waals surface area contributed by atoms with Gasteiger partial charge in [-0.1, -0.05) is 60.1 Å². The van der Waals surface area contributed by atoms with Crippen molar-refractivity contribution in [2.75, 3.05) is 27.2 Å². The Morgan fingerprint density at radius 3 is 2.33 bits per heavy atom. The SMILES string of the molecule is CC(C(=O)NC(C(=O)N1CCC(c2ccccc2)(N(C)C)CC1)C(C)C)c1c[nH]c2ccc(Br)cc12. The molecular weight excluding hydrogens is 516 g/mol. The molecule has 0 saturated carbocycles. The van der Waals surface area contributed by atoms with Gasteiger partial charge in [0.15, 0.2) is 0 Å². The van der Waals surface area contributed by atoms with Gasteiger partial charge in [-0.3, -0.25) is 14.5 Å². The minimum atomic E-state index is -0.555. The number of likely N-dealkylation sites (tertiary alicyclic amines) is 1. The number of benzene rings is 2. The summed E-state index contributed by atoms with van der Waals surface area (Å²) < 4.78 is 0.966. The number of amides is 2. The topological polar surface area (TPSA) is 68.4 Å². The molecule has 6 nitrogen and oxygen atoms in total. The smallest absolute Gasteiger partial charge is 0.245 e. The molecule has 0 bridgehead atoms. The van der Waals surface area contributed by atoms with E-state index in [1.165, 1.54) is 5.56 Å². The molecule has 0 aliphatic carbocycles. The van der Waals surface area contributed by atoms with Crippen molar-refractivity contribution in [1.82, 2.24) is 20.1 Å². The first-order valence-electron chi connectivity index (χ1n) is 12.7. The molecule has 2 aromatic carbocycles. The number of halogens is 1. The quantitative estimate of drug-likeness (QED) is 0.420. The van der Waals surface area contributed by atoms with Crippen molar-refractivity contribution in [3.8, 4) is 0 Å². The van der Waals surface area contributed by atoms with Crippen LogP contribution in [-0.2, 0) is 15.1 Å². The van der Waals surface area contributed by atoms with E-state index in [1.54, 1.807) is 0 Å². The number of aromatic amines is 1. The van der Waals surface area contributed by atoms with Crippen LogP contribution in [-0.4, -0.2) is 59.8 Å². The molecule has 36 heavy (non-hydrogen) atoms. The van der Waals surface area contributed by atoms with E-state index in [0.29, 0.717) is 13.1 Å². The van der Waals surface area contributed by atoms with Crippen LogP contribution in [0, 0.1) is 5.92 Å². The van der Waals surface area contributed by atoms with Crippen LogP contribution < -0.4 is 5.32 Å². The summed E-state index contributed by atoms with van der Waals surface area (Å²) in [6, 6.07) is 16.0.